The van der Waals surface area contributed by atoms with Crippen LogP contribution in [-0.4, -0.2) is 35.9 Å². The van der Waals surface area contributed by atoms with E-state index in [0.717, 1.165) is 32.0 Å². The molecule has 18 heavy (non-hydrogen) atoms. The van der Waals surface area contributed by atoms with Gasteiger partial charge in [-0.1, -0.05) is 13.3 Å². The first-order valence-corrected chi connectivity index (χ1v) is 6.70. The molecule has 1 heterocycles. The van der Waals surface area contributed by atoms with Gasteiger partial charge in [-0.05, 0) is 25.3 Å². The quantitative estimate of drug-likeness (QED) is 0.439. The number of hydrogen-bond acceptors (Lipinski definition) is 2. The average Bonchev–Trinajstić information content (AvgIpc) is 2.78. The highest BCUT2D eigenvalue weighted by Crippen LogP contribution is 1.95. The third-order valence-electron chi connectivity index (χ3n) is 2.67. The molecule has 1 aromatic heterocycles. The van der Waals surface area contributed by atoms with Crippen LogP contribution < -0.4 is 10.6 Å². The van der Waals surface area contributed by atoms with E-state index in [2.05, 4.69) is 40.8 Å². The number of nitrogens with zero attached hydrogens (tertiary/aromatic N) is 3. The van der Waals surface area contributed by atoms with Crippen molar-refractivity contribution in [1.82, 2.24) is 20.4 Å². The van der Waals surface area contributed by atoms with Gasteiger partial charge in [-0.3, -0.25) is 9.67 Å². The molecule has 1 rings (SSSR count). The van der Waals surface area contributed by atoms with E-state index >= 15 is 0 Å². The third kappa shape index (κ3) is 5.70. The molecule has 0 aromatic carbocycles. The number of guanidine groups is 1. The molecule has 0 aliphatic carbocycles. The normalized spacial score (nSPS) is 11.6. The molecule has 5 heteroatoms. The number of unbranched alkanes of at least 4 members (excludes halogenated alkanes) is 1. The van der Waals surface area contributed by atoms with E-state index in [1.54, 1.807) is 7.05 Å². The fraction of sp³-hybridized carbons (Fsp3) is 0.692. The zero-order valence-electron chi connectivity index (χ0n) is 11.7. The minimum absolute atomic E-state index is 0.889. The first-order chi connectivity index (χ1) is 8.76. The second-order valence-corrected chi connectivity index (χ2v) is 4.41. The summed E-state index contributed by atoms with van der Waals surface area (Å²) < 4.78 is 1.98. The van der Waals surface area contributed by atoms with Crippen LogP contribution in [0, 0.1) is 6.92 Å². The topological polar surface area (TPSA) is 54.2 Å². The Morgan fingerprint density at radius 2 is 2.06 bits per heavy atom. The van der Waals surface area contributed by atoms with E-state index in [0.29, 0.717) is 0 Å². The van der Waals surface area contributed by atoms with Gasteiger partial charge in [0.1, 0.15) is 0 Å². The Bertz CT molecular complexity index is 356. The lowest BCUT2D eigenvalue weighted by Crippen LogP contribution is -2.38. The summed E-state index contributed by atoms with van der Waals surface area (Å²) in [6, 6.07) is 0. The van der Waals surface area contributed by atoms with Crippen LogP contribution in [0.15, 0.2) is 17.4 Å². The van der Waals surface area contributed by atoms with Crippen molar-refractivity contribution < 1.29 is 0 Å². The molecule has 0 atom stereocenters. The SMILES string of the molecule is CCCCNC(=NC)NCCCn1cc(C)cn1. The predicted octanol–water partition coefficient (Wildman–Crippen LogP) is 1.55. The summed E-state index contributed by atoms with van der Waals surface area (Å²) in [6.07, 6.45) is 7.36. The predicted molar refractivity (Wildman–Crippen MR) is 75.9 cm³/mol. The monoisotopic (exact) mass is 251 g/mol. The second-order valence-electron chi connectivity index (χ2n) is 4.41. The standard InChI is InChI=1S/C13H25N5/c1-4-5-7-15-13(14-3)16-8-6-9-18-11-12(2)10-17-18/h10-11H,4-9H2,1-3H3,(H2,14,15,16). The Morgan fingerprint density at radius 1 is 1.33 bits per heavy atom. The molecule has 0 fully saturated rings. The summed E-state index contributed by atoms with van der Waals surface area (Å²) in [5.74, 6) is 0.889. The molecule has 102 valence electrons. The van der Waals surface area contributed by atoms with Crippen molar-refractivity contribution >= 4 is 5.96 Å². The number of aryl methyl sites for hydroxylation is 2. The van der Waals surface area contributed by atoms with Gasteiger partial charge in [0.25, 0.3) is 0 Å². The Hall–Kier alpha value is -1.52. The molecule has 5 nitrogen and oxygen atoms in total. The number of aliphatic imine (C=N–C) groups is 1. The van der Waals surface area contributed by atoms with Crippen LogP contribution >= 0.6 is 0 Å². The lowest BCUT2D eigenvalue weighted by Gasteiger charge is -2.11. The molecule has 0 aliphatic rings. The summed E-state index contributed by atoms with van der Waals surface area (Å²) in [7, 11) is 1.80. The first kappa shape index (κ1) is 14.5. The highest BCUT2D eigenvalue weighted by molar-refractivity contribution is 5.79. The van der Waals surface area contributed by atoms with E-state index in [1.165, 1.54) is 18.4 Å². The van der Waals surface area contributed by atoms with Crippen molar-refractivity contribution in [3.63, 3.8) is 0 Å². The van der Waals surface area contributed by atoms with Crippen LogP contribution in [-0.2, 0) is 6.54 Å². The molecule has 0 amide bonds. The molecular formula is C13H25N5. The van der Waals surface area contributed by atoms with Crippen molar-refractivity contribution in [3.05, 3.63) is 18.0 Å². The van der Waals surface area contributed by atoms with Crippen LogP contribution in [0.2, 0.25) is 0 Å². The second kappa shape index (κ2) is 8.55. The van der Waals surface area contributed by atoms with E-state index in [9.17, 15) is 0 Å². The van der Waals surface area contributed by atoms with Crippen molar-refractivity contribution in [2.45, 2.75) is 39.7 Å². The van der Waals surface area contributed by atoms with Gasteiger partial charge >= 0.3 is 0 Å². The average molecular weight is 251 g/mol. The molecular weight excluding hydrogens is 226 g/mol. The molecule has 0 spiro atoms. The molecule has 0 unspecified atom stereocenters. The minimum atomic E-state index is 0.889. The zero-order valence-corrected chi connectivity index (χ0v) is 11.7. The maximum Gasteiger partial charge on any atom is 0.190 e. The summed E-state index contributed by atoms with van der Waals surface area (Å²) >= 11 is 0. The summed E-state index contributed by atoms with van der Waals surface area (Å²) in [5, 5.41) is 10.8. The third-order valence-corrected chi connectivity index (χ3v) is 2.67. The fourth-order valence-electron chi connectivity index (χ4n) is 1.64. The summed E-state index contributed by atoms with van der Waals surface area (Å²) in [4.78, 5) is 4.18. The van der Waals surface area contributed by atoms with E-state index in [1.807, 2.05) is 10.9 Å². The lowest BCUT2D eigenvalue weighted by molar-refractivity contribution is 0.569. The van der Waals surface area contributed by atoms with E-state index in [4.69, 9.17) is 0 Å². The maximum atomic E-state index is 4.26. The van der Waals surface area contributed by atoms with Crippen LogP contribution in [0.4, 0.5) is 0 Å². The van der Waals surface area contributed by atoms with Crippen LogP contribution in [0.1, 0.15) is 31.7 Å². The van der Waals surface area contributed by atoms with E-state index in [-0.39, 0.29) is 0 Å². The number of rotatable bonds is 7. The van der Waals surface area contributed by atoms with Gasteiger partial charge in [0, 0.05) is 32.9 Å². The van der Waals surface area contributed by atoms with Crippen LogP contribution in [0.5, 0.6) is 0 Å². The molecule has 0 saturated heterocycles. The highest BCUT2D eigenvalue weighted by Gasteiger charge is 1.97. The van der Waals surface area contributed by atoms with Gasteiger partial charge in [-0.2, -0.15) is 5.10 Å². The zero-order chi connectivity index (χ0) is 13.2. The Morgan fingerprint density at radius 3 is 2.61 bits per heavy atom. The maximum absolute atomic E-state index is 4.26. The molecule has 1 aromatic rings. The molecule has 0 bridgehead atoms. The Labute approximate surface area is 110 Å². The van der Waals surface area contributed by atoms with Gasteiger partial charge in [0.15, 0.2) is 5.96 Å². The minimum Gasteiger partial charge on any atom is -0.356 e. The number of nitrogens with one attached hydrogen (secondary N) is 2. The van der Waals surface area contributed by atoms with Crippen LogP contribution in [0.3, 0.4) is 0 Å². The smallest absolute Gasteiger partial charge is 0.190 e. The van der Waals surface area contributed by atoms with Crippen LogP contribution in [0.25, 0.3) is 0 Å². The van der Waals surface area contributed by atoms with Gasteiger partial charge in [0.2, 0.25) is 0 Å². The molecule has 0 aliphatic heterocycles. The Kier molecular flexibility index (Phi) is 6.91. The van der Waals surface area contributed by atoms with Crippen molar-refractivity contribution in [2.75, 3.05) is 20.1 Å². The largest absolute Gasteiger partial charge is 0.356 e. The fourth-order valence-corrected chi connectivity index (χ4v) is 1.64. The number of hydrogen-bond donors (Lipinski definition) is 2. The van der Waals surface area contributed by atoms with Crippen molar-refractivity contribution in [1.29, 1.82) is 0 Å². The lowest BCUT2D eigenvalue weighted by atomic mass is 10.3. The van der Waals surface area contributed by atoms with Gasteiger partial charge in [0.05, 0.1) is 6.20 Å². The number of aromatic nitrogens is 2. The van der Waals surface area contributed by atoms with Crippen molar-refractivity contribution in [2.24, 2.45) is 4.99 Å². The molecule has 0 saturated carbocycles. The summed E-state index contributed by atoms with van der Waals surface area (Å²) in [6.45, 7) is 7.07. The summed E-state index contributed by atoms with van der Waals surface area (Å²) in [5.41, 5.74) is 1.21. The van der Waals surface area contributed by atoms with Crippen molar-refractivity contribution in [3.8, 4) is 0 Å². The van der Waals surface area contributed by atoms with Gasteiger partial charge in [-0.15, -0.1) is 0 Å². The first-order valence-electron chi connectivity index (χ1n) is 6.70. The molecule has 2 N–H and O–H groups in total. The van der Waals surface area contributed by atoms with Gasteiger partial charge in [-0.25, -0.2) is 0 Å². The molecule has 0 radical (unpaired) electrons. The van der Waals surface area contributed by atoms with Gasteiger partial charge < -0.3 is 10.6 Å². The Balaban J connectivity index is 2.12. The highest BCUT2D eigenvalue weighted by atomic mass is 15.3. The van der Waals surface area contributed by atoms with E-state index < -0.39 is 0 Å².